The summed E-state index contributed by atoms with van der Waals surface area (Å²) in [4.78, 5) is 9.37. The Kier molecular flexibility index (Phi) is 7.25. The lowest BCUT2D eigenvalue weighted by Crippen LogP contribution is -2.25. The number of aryl methyl sites for hydroxylation is 2. The molecule has 0 fully saturated rings. The van der Waals surface area contributed by atoms with Crippen LogP contribution >= 0.6 is 0 Å². The van der Waals surface area contributed by atoms with E-state index in [1.807, 2.05) is 121 Å². The lowest BCUT2D eigenvalue weighted by Gasteiger charge is -2.25. The molecule has 7 nitrogen and oxygen atoms in total. The van der Waals surface area contributed by atoms with Crippen LogP contribution in [0.3, 0.4) is 0 Å². The number of benzene rings is 8. The van der Waals surface area contributed by atoms with Crippen molar-refractivity contribution in [1.29, 1.82) is 0 Å². The van der Waals surface area contributed by atoms with Crippen molar-refractivity contribution >= 4 is 88.2 Å². The van der Waals surface area contributed by atoms with Gasteiger partial charge in [-0.1, -0.05) is 124 Å². The highest BCUT2D eigenvalue weighted by molar-refractivity contribution is 6.25. The Morgan fingerprint density at radius 2 is 1.09 bits per heavy atom. The van der Waals surface area contributed by atoms with E-state index >= 15 is 0 Å². The first kappa shape index (κ1) is 33.2. The second-order valence-electron chi connectivity index (χ2n) is 18.5. The smallest absolute Gasteiger partial charge is 0.137 e. The molecule has 0 saturated carbocycles. The van der Waals surface area contributed by atoms with E-state index in [9.17, 15) is 0 Å². The molecule has 1 aliphatic rings. The average molecular weight is 875 g/mol. The molecule has 0 aliphatic carbocycles. The number of aromatic nitrogens is 4. The third-order valence-electron chi connectivity index (χ3n) is 13.6. The maximum Gasteiger partial charge on any atom is 0.137 e. The molecule has 0 radical (unpaired) electrons. The first-order chi connectivity index (χ1) is 35.1. The molecule has 0 atom stereocenters. The Labute approximate surface area is 397 Å². The van der Waals surface area contributed by atoms with Gasteiger partial charge in [0.25, 0.3) is 0 Å². The molecule has 0 bridgehead atoms. The maximum atomic E-state index is 8.98. The van der Waals surface area contributed by atoms with Gasteiger partial charge in [-0.05, 0) is 83.3 Å². The summed E-state index contributed by atoms with van der Waals surface area (Å²) in [6, 6.07) is 60.2. The molecule has 1 aliphatic heterocycles. The van der Waals surface area contributed by atoms with Gasteiger partial charge < -0.3 is 23.7 Å². The molecule has 12 aromatic rings. The van der Waals surface area contributed by atoms with Gasteiger partial charge in [-0.3, -0.25) is 4.57 Å². The van der Waals surface area contributed by atoms with Crippen LogP contribution < -0.4 is 14.5 Å². The zero-order valence-electron chi connectivity index (χ0n) is 43.2. The summed E-state index contributed by atoms with van der Waals surface area (Å²) in [7, 11) is 0. The Morgan fingerprint density at radius 1 is 0.507 bits per heavy atom. The summed E-state index contributed by atoms with van der Waals surface area (Å²) in [6.07, 6.45) is 2.00. The van der Waals surface area contributed by atoms with Gasteiger partial charge in [0, 0.05) is 95.1 Å². The molecule has 8 aromatic carbocycles. The number of anilines is 4. The highest BCUT2D eigenvalue weighted by atomic mass is 16.5. The summed E-state index contributed by atoms with van der Waals surface area (Å²) >= 11 is 0. The van der Waals surface area contributed by atoms with Crippen LogP contribution in [0.2, 0.25) is 0 Å². The van der Waals surface area contributed by atoms with Gasteiger partial charge >= 0.3 is 0 Å². The van der Waals surface area contributed by atoms with E-state index in [1.165, 1.54) is 14.7 Å². The van der Waals surface area contributed by atoms with Gasteiger partial charge in [0.1, 0.15) is 24.0 Å². The van der Waals surface area contributed by atoms with Crippen molar-refractivity contribution in [3.05, 3.63) is 194 Å². The molecule has 13 rings (SSSR count). The van der Waals surface area contributed by atoms with Crippen LogP contribution in [0.25, 0.3) is 82.4 Å². The number of hydrogen-bond acceptors (Lipinski definition) is 4. The van der Waals surface area contributed by atoms with Crippen LogP contribution in [0.15, 0.2) is 188 Å². The largest absolute Gasteiger partial charge is 0.457 e. The first-order valence-electron chi connectivity index (χ1n) is 25.7. The van der Waals surface area contributed by atoms with Crippen LogP contribution in [-0.2, 0) is 19.4 Å². The molecular weight excluding hydrogens is 821 g/mol. The Hall–Kier alpha value is -8.29. The van der Waals surface area contributed by atoms with Crippen molar-refractivity contribution in [2.75, 3.05) is 16.5 Å². The Bertz CT molecular complexity index is 4090. The molecule has 0 unspecified atom stereocenters. The van der Waals surface area contributed by atoms with E-state index in [0.29, 0.717) is 39.3 Å². The number of nitrogens with zero attached hydrogens (tertiary/aromatic N) is 6. The van der Waals surface area contributed by atoms with E-state index < -0.39 is 14.0 Å². The van der Waals surface area contributed by atoms with E-state index in [1.54, 1.807) is 0 Å². The van der Waals surface area contributed by atoms with Crippen molar-refractivity contribution in [2.24, 2.45) is 14.0 Å². The van der Waals surface area contributed by atoms with E-state index in [2.05, 4.69) is 102 Å². The third-order valence-corrected chi connectivity index (χ3v) is 13.6. The minimum Gasteiger partial charge on any atom is -0.457 e. The fraction of sp³-hybridized carbons (Fsp3) is 0.117. The minimum atomic E-state index is -2.61. The molecule has 67 heavy (non-hydrogen) atoms. The van der Waals surface area contributed by atoms with Crippen molar-refractivity contribution in [1.82, 2.24) is 18.7 Å². The molecule has 0 N–H and O–H groups in total. The van der Waals surface area contributed by atoms with Gasteiger partial charge in [-0.25, -0.2) is 4.98 Å². The predicted molar refractivity (Wildman–Crippen MR) is 279 cm³/mol. The number of fused-ring (bicyclic) bond motifs is 10. The van der Waals surface area contributed by atoms with Gasteiger partial charge in [0.05, 0.1) is 39.1 Å². The number of para-hydroxylation sites is 5. The molecule has 5 heterocycles. The Balaban J connectivity index is 0.942. The van der Waals surface area contributed by atoms with Crippen molar-refractivity contribution in [3.8, 4) is 28.4 Å². The van der Waals surface area contributed by atoms with Gasteiger partial charge in [0.15, 0.2) is 0 Å². The highest BCUT2D eigenvalue weighted by Gasteiger charge is 2.33. The van der Waals surface area contributed by atoms with Crippen LogP contribution in [0, 0.1) is 0 Å². The number of hydrogen-bond donors (Lipinski definition) is 0. The monoisotopic (exact) mass is 874 g/mol. The fourth-order valence-electron chi connectivity index (χ4n) is 10.6. The minimum absolute atomic E-state index is 0.164. The molecular formula is C60H48N6O. The zero-order chi connectivity index (χ0) is 50.1. The summed E-state index contributed by atoms with van der Waals surface area (Å²) in [5.41, 5.74) is 10.2. The van der Waals surface area contributed by atoms with Crippen LogP contribution in [0.1, 0.15) is 34.6 Å². The standard InChI is InChI=1S/C60H48N6O/c1-60(2,3)49-35-56(61-36-48(49)38-18-7-6-8-19-38)66-52-27-14-11-22-42(52)45-31-30-41(33-55(45)66)67-40-21-17-20-39(32-40)64-37-65(54-29-16-15-28-53(54)64)59-57-46(43-23-9-12-25-50(43)62(57)4)34-47-44-24-10-13-26-51(44)63(5)58(47)59/h6-36H,37H2,1-5H3/i4D3,5D3. The van der Waals surface area contributed by atoms with Crippen LogP contribution in [-0.4, -0.2) is 25.4 Å². The first-order valence-corrected chi connectivity index (χ1v) is 22.7. The molecule has 0 spiro atoms. The van der Waals surface area contributed by atoms with Gasteiger partial charge in [-0.2, -0.15) is 0 Å². The second-order valence-corrected chi connectivity index (χ2v) is 18.5. The van der Waals surface area contributed by atoms with Crippen molar-refractivity contribution < 1.29 is 13.0 Å². The summed E-state index contributed by atoms with van der Waals surface area (Å²) in [5.74, 6) is 2.09. The topological polar surface area (TPSA) is 43.4 Å². The SMILES string of the molecule is [2H]C([2H])([2H])n1c2ccccc2c2cc3c4ccccc4n(C([2H])([2H])[2H])c3c(N3CN(c4cccc(Oc5ccc6c7ccccc7n(-c7cc(C(C)(C)C)c(-c8ccccc8)cn7)c6c5)c4)c4ccccc43)c21. The van der Waals surface area contributed by atoms with E-state index in [0.717, 1.165) is 77.4 Å². The van der Waals surface area contributed by atoms with Crippen LogP contribution in [0.4, 0.5) is 22.7 Å². The summed E-state index contributed by atoms with van der Waals surface area (Å²) < 4.78 is 65.7. The van der Waals surface area contributed by atoms with E-state index in [-0.39, 0.29) is 12.1 Å². The number of rotatable bonds is 6. The lowest BCUT2D eigenvalue weighted by molar-refractivity contribution is 0.483. The van der Waals surface area contributed by atoms with Crippen LogP contribution in [0.5, 0.6) is 11.5 Å². The normalized spacial score (nSPS) is 14.7. The fourth-order valence-corrected chi connectivity index (χ4v) is 10.6. The maximum absolute atomic E-state index is 8.98. The molecule has 7 heteroatoms. The van der Waals surface area contributed by atoms with Crippen molar-refractivity contribution in [2.45, 2.75) is 26.2 Å². The third kappa shape index (κ3) is 5.94. The quantitative estimate of drug-likeness (QED) is 0.167. The molecule has 4 aromatic heterocycles. The van der Waals surface area contributed by atoms with E-state index in [4.69, 9.17) is 17.9 Å². The molecule has 0 amide bonds. The molecule has 324 valence electrons. The predicted octanol–water partition coefficient (Wildman–Crippen LogP) is 15.5. The Morgan fingerprint density at radius 3 is 1.76 bits per heavy atom. The van der Waals surface area contributed by atoms with Gasteiger partial charge in [-0.15, -0.1) is 0 Å². The zero-order valence-corrected chi connectivity index (χ0v) is 37.2. The van der Waals surface area contributed by atoms with Gasteiger partial charge in [0.2, 0.25) is 0 Å². The van der Waals surface area contributed by atoms with Crippen molar-refractivity contribution in [3.63, 3.8) is 0 Å². The number of pyridine rings is 1. The lowest BCUT2D eigenvalue weighted by atomic mass is 9.82. The average Bonchev–Trinajstić information content (AvgIpc) is 4.14. The highest BCUT2D eigenvalue weighted by Crippen LogP contribution is 2.51. The molecule has 0 saturated heterocycles. The summed E-state index contributed by atoms with van der Waals surface area (Å²) in [5, 5.41) is 5.17. The second kappa shape index (κ2) is 14.6. The number of ether oxygens (including phenoxy) is 1. The summed E-state index contributed by atoms with van der Waals surface area (Å²) in [6.45, 7) is 1.73.